The van der Waals surface area contributed by atoms with Crippen molar-refractivity contribution in [2.75, 3.05) is 0 Å². The minimum Gasteiger partial charge on any atom is -0.508 e. The molecule has 0 atom stereocenters. The molecule has 1 aliphatic rings. The van der Waals surface area contributed by atoms with Crippen molar-refractivity contribution in [1.82, 2.24) is 9.97 Å². The Kier molecular flexibility index (Phi) is 4.78. The van der Waals surface area contributed by atoms with Crippen LogP contribution in [-0.4, -0.2) is 32.1 Å². The van der Waals surface area contributed by atoms with Crippen LogP contribution in [0.5, 0.6) is 11.6 Å². The van der Waals surface area contributed by atoms with Gasteiger partial charge in [-0.3, -0.25) is 9.78 Å². The first kappa shape index (κ1) is 19.0. The van der Waals surface area contributed by atoms with Gasteiger partial charge in [-0.05, 0) is 57.4 Å². The van der Waals surface area contributed by atoms with E-state index in [0.29, 0.717) is 23.6 Å². The van der Waals surface area contributed by atoms with E-state index in [0.717, 1.165) is 5.56 Å². The molecule has 0 bridgehead atoms. The molecule has 0 spiro atoms. The number of aromatic nitrogens is 2. The molecule has 2 heterocycles. The molecular weight excluding hydrogens is 344 g/mol. The average molecular weight is 368 g/mol. The zero-order valence-corrected chi connectivity index (χ0v) is 16.2. The first-order chi connectivity index (χ1) is 12.7. The lowest BCUT2D eigenvalue weighted by Crippen LogP contribution is -2.49. The summed E-state index contributed by atoms with van der Waals surface area (Å²) in [7, 11) is 0. The molecule has 0 radical (unpaired) electrons. The Bertz CT molecular complexity index is 902. The van der Waals surface area contributed by atoms with E-state index in [9.17, 15) is 9.90 Å². The zero-order chi connectivity index (χ0) is 19.8. The normalized spacial score (nSPS) is 18.5. The Morgan fingerprint density at radius 1 is 1.15 bits per heavy atom. The molecular formula is C21H24N2O4. The number of nitrogens with zero attached hydrogens (tertiary/aromatic N) is 2. The number of carbonyl (C=O) groups is 1. The van der Waals surface area contributed by atoms with Crippen molar-refractivity contribution in [3.8, 4) is 11.6 Å². The van der Waals surface area contributed by atoms with Gasteiger partial charge in [-0.1, -0.05) is 13.0 Å². The average Bonchev–Trinajstić information content (AvgIpc) is 2.61. The highest BCUT2D eigenvalue weighted by atomic mass is 16.5. The lowest BCUT2D eigenvalue weighted by atomic mass is 9.81. The van der Waals surface area contributed by atoms with Crippen LogP contribution in [-0.2, 0) is 16.0 Å². The van der Waals surface area contributed by atoms with Crippen molar-refractivity contribution in [1.29, 1.82) is 0 Å². The molecule has 6 heteroatoms. The van der Waals surface area contributed by atoms with E-state index < -0.39 is 11.2 Å². The Labute approximate surface area is 158 Å². The van der Waals surface area contributed by atoms with Gasteiger partial charge in [0.1, 0.15) is 22.7 Å². The summed E-state index contributed by atoms with van der Waals surface area (Å²) in [6.45, 7) is 8.94. The predicted octanol–water partition coefficient (Wildman–Crippen LogP) is 4.26. The minimum atomic E-state index is -1.04. The van der Waals surface area contributed by atoms with Gasteiger partial charge in [0.25, 0.3) is 0 Å². The van der Waals surface area contributed by atoms with Crippen LogP contribution in [0.3, 0.4) is 0 Å². The van der Waals surface area contributed by atoms with E-state index >= 15 is 0 Å². The van der Waals surface area contributed by atoms with Gasteiger partial charge in [0, 0.05) is 12.4 Å². The molecule has 1 N–H and O–H groups in total. The van der Waals surface area contributed by atoms with E-state index in [-0.39, 0.29) is 17.1 Å². The van der Waals surface area contributed by atoms with Crippen molar-refractivity contribution in [2.45, 2.75) is 52.2 Å². The van der Waals surface area contributed by atoms with Gasteiger partial charge in [0.05, 0.1) is 11.8 Å². The summed E-state index contributed by atoms with van der Waals surface area (Å²) in [5, 5.41) is 10.8. The number of Topliss-reactive ketones (excluding diaryl/α,β-unsaturated/α-hetero) is 1. The molecule has 6 nitrogen and oxygen atoms in total. The molecule has 1 aliphatic heterocycles. The number of hydrogen-bond donors (Lipinski definition) is 1. The monoisotopic (exact) mass is 368 g/mol. The van der Waals surface area contributed by atoms with Gasteiger partial charge in [0.15, 0.2) is 5.78 Å². The van der Waals surface area contributed by atoms with Gasteiger partial charge in [0.2, 0.25) is 5.88 Å². The SMILES string of the molecule is CCc1ccc(Oc2cnccn2)cc1C1=C(O)C(C)(C)OC(C)(C)C1=O. The summed E-state index contributed by atoms with van der Waals surface area (Å²) < 4.78 is 11.6. The minimum absolute atomic E-state index is 0.0711. The molecule has 27 heavy (non-hydrogen) atoms. The number of carbonyl (C=O) groups excluding carboxylic acids is 1. The number of ketones is 1. The molecule has 0 saturated carbocycles. The van der Waals surface area contributed by atoms with Crippen LogP contribution in [0.4, 0.5) is 0 Å². The standard InChI is InChI=1S/C21H24N2O4/c1-6-13-7-8-14(26-16-12-22-9-10-23-16)11-15(13)17-18(24)20(2,3)27-21(4,5)19(17)25/h7-12,24H,6H2,1-5H3. The molecule has 3 rings (SSSR count). The second kappa shape index (κ2) is 6.78. The topological polar surface area (TPSA) is 81.5 Å². The molecule has 0 unspecified atom stereocenters. The van der Waals surface area contributed by atoms with E-state index in [2.05, 4.69) is 9.97 Å². The Morgan fingerprint density at radius 2 is 1.89 bits per heavy atom. The summed E-state index contributed by atoms with van der Waals surface area (Å²) >= 11 is 0. The first-order valence-electron chi connectivity index (χ1n) is 8.91. The number of aliphatic hydroxyl groups excluding tert-OH is 1. The number of hydrogen-bond acceptors (Lipinski definition) is 6. The third-order valence-electron chi connectivity index (χ3n) is 4.58. The van der Waals surface area contributed by atoms with Crippen LogP contribution in [0.1, 0.15) is 45.7 Å². The van der Waals surface area contributed by atoms with Crippen LogP contribution in [0, 0.1) is 0 Å². The number of rotatable bonds is 4. The fourth-order valence-electron chi connectivity index (χ4n) is 3.31. The van der Waals surface area contributed by atoms with Crippen LogP contribution in [0.2, 0.25) is 0 Å². The van der Waals surface area contributed by atoms with E-state index in [1.165, 1.54) is 12.4 Å². The highest BCUT2D eigenvalue weighted by molar-refractivity contribution is 6.26. The number of benzene rings is 1. The Balaban J connectivity index is 2.14. The molecule has 2 aromatic rings. The van der Waals surface area contributed by atoms with Crippen LogP contribution < -0.4 is 4.74 Å². The first-order valence-corrected chi connectivity index (χ1v) is 8.91. The highest BCUT2D eigenvalue weighted by Gasteiger charge is 2.47. The molecule has 1 aromatic carbocycles. The largest absolute Gasteiger partial charge is 0.508 e. The van der Waals surface area contributed by atoms with Crippen molar-refractivity contribution in [3.63, 3.8) is 0 Å². The Hall–Kier alpha value is -2.73. The second-order valence-corrected chi connectivity index (χ2v) is 7.49. The molecule has 0 saturated heterocycles. The maximum Gasteiger partial charge on any atom is 0.237 e. The molecule has 1 aromatic heterocycles. The molecule has 0 fully saturated rings. The molecule has 0 aliphatic carbocycles. The smallest absolute Gasteiger partial charge is 0.237 e. The van der Waals surface area contributed by atoms with Crippen molar-refractivity contribution >= 4 is 11.4 Å². The van der Waals surface area contributed by atoms with E-state index in [1.807, 2.05) is 19.1 Å². The third kappa shape index (κ3) is 3.57. The van der Waals surface area contributed by atoms with Crippen LogP contribution in [0.25, 0.3) is 5.57 Å². The maximum absolute atomic E-state index is 13.1. The summed E-state index contributed by atoms with van der Waals surface area (Å²) in [6, 6.07) is 5.47. The van der Waals surface area contributed by atoms with Gasteiger partial charge in [-0.2, -0.15) is 0 Å². The second-order valence-electron chi connectivity index (χ2n) is 7.49. The summed E-state index contributed by atoms with van der Waals surface area (Å²) in [6.07, 6.45) is 5.31. The van der Waals surface area contributed by atoms with Crippen LogP contribution >= 0.6 is 0 Å². The van der Waals surface area contributed by atoms with Crippen molar-refractivity contribution in [3.05, 3.63) is 53.7 Å². The van der Waals surface area contributed by atoms with E-state index in [1.54, 1.807) is 40.0 Å². The van der Waals surface area contributed by atoms with Crippen molar-refractivity contribution < 1.29 is 19.4 Å². The molecule has 142 valence electrons. The summed E-state index contributed by atoms with van der Waals surface area (Å²) in [4.78, 5) is 21.2. The van der Waals surface area contributed by atoms with Crippen LogP contribution in [0.15, 0.2) is 42.5 Å². The number of aliphatic hydroxyl groups is 1. The summed E-state index contributed by atoms with van der Waals surface area (Å²) in [5.41, 5.74) is -0.161. The lowest BCUT2D eigenvalue weighted by Gasteiger charge is -2.40. The van der Waals surface area contributed by atoms with Gasteiger partial charge in [-0.15, -0.1) is 0 Å². The summed E-state index contributed by atoms with van der Waals surface area (Å²) in [5.74, 6) is 0.534. The maximum atomic E-state index is 13.1. The molecule has 0 amide bonds. The van der Waals surface area contributed by atoms with Gasteiger partial charge < -0.3 is 14.6 Å². The van der Waals surface area contributed by atoms with Gasteiger partial charge in [-0.25, -0.2) is 4.98 Å². The number of ether oxygens (including phenoxy) is 2. The fraction of sp³-hybridized carbons (Fsp3) is 0.381. The fourth-order valence-corrected chi connectivity index (χ4v) is 3.31. The van der Waals surface area contributed by atoms with Gasteiger partial charge >= 0.3 is 0 Å². The third-order valence-corrected chi connectivity index (χ3v) is 4.58. The van der Waals surface area contributed by atoms with E-state index in [4.69, 9.17) is 9.47 Å². The lowest BCUT2D eigenvalue weighted by molar-refractivity contribution is -0.158. The number of aryl methyl sites for hydroxylation is 1. The zero-order valence-electron chi connectivity index (χ0n) is 16.2. The Morgan fingerprint density at radius 3 is 2.52 bits per heavy atom. The van der Waals surface area contributed by atoms with Crippen molar-refractivity contribution in [2.24, 2.45) is 0 Å². The highest BCUT2D eigenvalue weighted by Crippen LogP contribution is 2.41. The quantitative estimate of drug-likeness (QED) is 0.868. The predicted molar refractivity (Wildman–Crippen MR) is 102 cm³/mol.